The number of likely N-dealkylation sites (tertiary alicyclic amines) is 2. The highest BCUT2D eigenvalue weighted by molar-refractivity contribution is 7.13. The summed E-state index contributed by atoms with van der Waals surface area (Å²) >= 11 is 3.05. The fraction of sp³-hybridized carbons (Fsp3) is 0.571. The Hall–Kier alpha value is -5.80. The van der Waals surface area contributed by atoms with E-state index in [4.69, 9.17) is 9.47 Å². The van der Waals surface area contributed by atoms with Gasteiger partial charge >= 0.3 is 0 Å². The molecule has 0 saturated carbocycles. The summed E-state index contributed by atoms with van der Waals surface area (Å²) in [7, 11) is 0. The lowest BCUT2D eigenvalue weighted by Gasteiger charge is -2.36. The van der Waals surface area contributed by atoms with Crippen LogP contribution in [-0.4, -0.2) is 133 Å². The van der Waals surface area contributed by atoms with Crippen LogP contribution in [0, 0.1) is 24.7 Å². The summed E-state index contributed by atoms with van der Waals surface area (Å²) in [5, 5.41) is 33.0. The third-order valence-electron chi connectivity index (χ3n) is 13.7. The van der Waals surface area contributed by atoms with Gasteiger partial charge < -0.3 is 50.8 Å². The van der Waals surface area contributed by atoms with Crippen molar-refractivity contribution in [2.45, 2.75) is 176 Å². The summed E-state index contributed by atoms with van der Waals surface area (Å²) in [4.78, 5) is 95.2. The van der Waals surface area contributed by atoms with Crippen LogP contribution in [0.15, 0.2) is 53.5 Å². The zero-order valence-corrected chi connectivity index (χ0v) is 47.9. The molecule has 0 spiro atoms. The number of nitrogens with one attached hydrogen (secondary N) is 4. The van der Waals surface area contributed by atoms with E-state index in [9.17, 15) is 39.0 Å². The monoisotopic (exact) mass is 1090 g/mol. The number of β-amino-alcohol motifs (C(OH)–C–C–N with tert-alkyl or cyclic N) is 2. The second-order valence-corrected chi connectivity index (χ2v) is 25.3. The highest BCUT2D eigenvalue weighted by Gasteiger charge is 2.46. The molecule has 0 bridgehead atoms. The predicted molar refractivity (Wildman–Crippen MR) is 293 cm³/mol. The zero-order valence-electron chi connectivity index (χ0n) is 46.3. The summed E-state index contributed by atoms with van der Waals surface area (Å²) in [6.45, 7) is 24.0. The molecule has 6 atom stereocenters. The smallest absolute Gasteiger partial charge is 0.246 e. The van der Waals surface area contributed by atoms with E-state index < -0.39 is 87.9 Å². The van der Waals surface area contributed by atoms with Gasteiger partial charge in [-0.3, -0.25) is 28.8 Å². The van der Waals surface area contributed by atoms with Crippen LogP contribution in [0.2, 0.25) is 0 Å². The highest BCUT2D eigenvalue weighted by atomic mass is 32.1. The molecule has 2 fully saturated rings. The van der Waals surface area contributed by atoms with Crippen molar-refractivity contribution in [3.05, 3.63) is 76.0 Å². The normalized spacial score (nSPS) is 19.0. The van der Waals surface area contributed by atoms with Crippen molar-refractivity contribution >= 4 is 58.1 Å². The van der Waals surface area contributed by atoms with E-state index in [2.05, 4.69) is 31.2 Å². The number of carbonyl (C=O) groups is 6. The van der Waals surface area contributed by atoms with E-state index in [0.717, 1.165) is 37.8 Å². The van der Waals surface area contributed by atoms with E-state index in [0.29, 0.717) is 17.7 Å². The van der Waals surface area contributed by atoms with Crippen LogP contribution < -0.4 is 26.0 Å². The number of hydrogen-bond acceptors (Lipinski definition) is 14. The van der Waals surface area contributed by atoms with Gasteiger partial charge in [-0.05, 0) is 75.1 Å². The Balaban J connectivity index is 1.06. The molecule has 6 N–H and O–H groups in total. The van der Waals surface area contributed by atoms with Crippen molar-refractivity contribution in [2.75, 3.05) is 19.7 Å². The predicted octanol–water partition coefficient (Wildman–Crippen LogP) is 6.22. The summed E-state index contributed by atoms with van der Waals surface area (Å²) in [6.07, 6.45) is -1.43. The largest absolute Gasteiger partial charge is 0.487 e. The fourth-order valence-corrected chi connectivity index (χ4v) is 11.1. The number of carbonyl (C=O) groups excluding carboxylic acids is 6. The van der Waals surface area contributed by atoms with Crippen molar-refractivity contribution in [1.82, 2.24) is 41.0 Å². The Morgan fingerprint density at radius 2 is 1.17 bits per heavy atom. The average Bonchev–Trinajstić information content (AvgIpc) is 4.14. The van der Waals surface area contributed by atoms with Crippen LogP contribution in [0.1, 0.15) is 124 Å². The Kier molecular flexibility index (Phi) is 19.0. The Morgan fingerprint density at radius 3 is 1.66 bits per heavy atom. The highest BCUT2D eigenvalue weighted by Crippen LogP contribution is 2.36. The first kappa shape index (κ1) is 59.4. The Labute approximate surface area is 455 Å². The molecule has 2 aromatic heterocycles. The lowest BCUT2D eigenvalue weighted by Crippen LogP contribution is -2.58. The van der Waals surface area contributed by atoms with Crippen molar-refractivity contribution < 1.29 is 48.5 Å². The van der Waals surface area contributed by atoms with E-state index in [1.165, 1.54) is 28.1 Å². The quantitative estimate of drug-likeness (QED) is 0.0578. The number of nitrogens with zero attached hydrogens (tertiary/aromatic N) is 4. The van der Waals surface area contributed by atoms with E-state index >= 15 is 0 Å². The molecule has 0 radical (unpaired) electrons. The first-order valence-electron chi connectivity index (χ1n) is 25.9. The molecule has 20 heteroatoms. The molecule has 0 aliphatic carbocycles. The minimum atomic E-state index is -1.02. The zero-order chi connectivity index (χ0) is 56.1. The maximum absolute atomic E-state index is 14.3. The Bertz CT molecular complexity index is 2720. The van der Waals surface area contributed by atoms with Gasteiger partial charge in [0.25, 0.3) is 0 Å². The second kappa shape index (κ2) is 24.3. The topological polar surface area (TPSA) is 242 Å². The summed E-state index contributed by atoms with van der Waals surface area (Å²) in [5.41, 5.74) is 5.60. The van der Waals surface area contributed by atoms with Crippen LogP contribution in [-0.2, 0) is 46.6 Å². The van der Waals surface area contributed by atoms with Gasteiger partial charge in [-0.2, -0.15) is 0 Å². The van der Waals surface area contributed by atoms with Crippen molar-refractivity contribution in [3.63, 3.8) is 0 Å². The minimum Gasteiger partial charge on any atom is -0.487 e. The second-order valence-electron chi connectivity index (χ2n) is 23.5. The first-order chi connectivity index (χ1) is 35.4. The molecule has 6 rings (SSSR count). The third kappa shape index (κ3) is 15.4. The third-order valence-corrected chi connectivity index (χ3v) is 15.7. The van der Waals surface area contributed by atoms with Crippen LogP contribution in [0.25, 0.3) is 20.9 Å². The van der Waals surface area contributed by atoms with Crippen molar-refractivity contribution in [1.29, 1.82) is 0 Å². The van der Waals surface area contributed by atoms with Gasteiger partial charge in [0.15, 0.2) is 0 Å². The lowest BCUT2D eigenvalue weighted by atomic mass is 9.85. The van der Waals surface area contributed by atoms with E-state index in [-0.39, 0.29) is 58.0 Å². The number of ether oxygens (including phenoxy) is 2. The maximum Gasteiger partial charge on any atom is 0.246 e. The molecule has 4 heterocycles. The number of hydrogen-bond donors (Lipinski definition) is 6. The number of thiazole rings is 2. The number of benzene rings is 2. The summed E-state index contributed by atoms with van der Waals surface area (Å²) < 4.78 is 13.1. The fourth-order valence-electron chi connectivity index (χ4n) is 9.49. The van der Waals surface area contributed by atoms with Crippen LogP contribution in [0.5, 0.6) is 5.75 Å². The van der Waals surface area contributed by atoms with E-state index in [1.807, 2.05) is 112 Å². The van der Waals surface area contributed by atoms with Crippen molar-refractivity contribution in [2.24, 2.45) is 10.8 Å². The van der Waals surface area contributed by atoms with Crippen LogP contribution in [0.3, 0.4) is 0 Å². The van der Waals surface area contributed by atoms with Gasteiger partial charge in [0, 0.05) is 57.9 Å². The molecule has 414 valence electrons. The number of aryl methyl sites for hydroxylation is 2. The van der Waals surface area contributed by atoms with Crippen LogP contribution in [0.4, 0.5) is 0 Å². The molecular formula is C56H78N8O10S2. The molecule has 2 aromatic carbocycles. The summed E-state index contributed by atoms with van der Waals surface area (Å²) in [6, 6.07) is 9.74. The number of aromatic nitrogens is 2. The van der Waals surface area contributed by atoms with Gasteiger partial charge in [-0.15, -0.1) is 22.7 Å². The van der Waals surface area contributed by atoms with E-state index in [1.54, 1.807) is 36.2 Å². The molecule has 18 nitrogen and oxygen atoms in total. The van der Waals surface area contributed by atoms with Gasteiger partial charge in [0.05, 0.1) is 63.0 Å². The molecule has 0 unspecified atom stereocenters. The number of aliphatic hydroxyl groups is 2. The van der Waals surface area contributed by atoms with Gasteiger partial charge in [-0.25, -0.2) is 9.97 Å². The SMILES string of the molecule is CC(=O)N[C@H](C(=O)N1C[C@H](O)C[C@H]1C(=O)NCc1ccc(-c2scnc2C)cc1OC(C)(C)CCOC(C)(C)CC(=O)N[C@H](C(=O)N1C[C@H](O)C[C@H]1C(=O)NCc1ccc(-c2scnc2C)cc1)C(C)(C)C)C(C)(C)C. The van der Waals surface area contributed by atoms with Gasteiger partial charge in [0.2, 0.25) is 35.4 Å². The molecule has 6 amide bonds. The molecule has 76 heavy (non-hydrogen) atoms. The minimum absolute atomic E-state index is 0.0403. The van der Waals surface area contributed by atoms with Gasteiger partial charge in [-0.1, -0.05) is 77.9 Å². The average molecular weight is 1090 g/mol. The molecule has 2 saturated heterocycles. The van der Waals surface area contributed by atoms with Gasteiger partial charge in [0.1, 0.15) is 35.5 Å². The van der Waals surface area contributed by atoms with Crippen LogP contribution >= 0.6 is 22.7 Å². The molecule has 4 aromatic rings. The molecular weight excluding hydrogens is 1010 g/mol. The number of amides is 6. The first-order valence-corrected chi connectivity index (χ1v) is 27.6. The molecule has 2 aliphatic heterocycles. The van der Waals surface area contributed by atoms with Crippen molar-refractivity contribution in [3.8, 4) is 26.6 Å². The maximum atomic E-state index is 14.3. The standard InChI is InChI=1S/C56H78N8O10S2/c1-32-45(75-30-59-32)36-16-14-35(15-17-36)26-57-49(69)41-23-39(66)29-64(41)52(72)48(54(7,8)9)62-44(68)25-56(12,13)73-21-20-55(10,11)74-43-22-37(46-33(2)60-31-76-46)18-19-38(43)27-58-50(70)42-24-40(67)28-63(42)51(71)47(53(4,5)6)61-34(3)65/h14-19,22,30-31,39-42,47-48,66-67H,20-21,23-29H2,1-13H3,(H,57,69)(H,58,70)(H,61,65)(H,62,68)/t39-,40-,41+,42+,47-,48-/m1/s1. The number of rotatable bonds is 20. The molecule has 2 aliphatic rings. The number of aliphatic hydroxyl groups excluding tert-OH is 2. The summed E-state index contributed by atoms with van der Waals surface area (Å²) in [5.74, 6) is -2.05. The Morgan fingerprint density at radius 1 is 0.684 bits per heavy atom. The lowest BCUT2D eigenvalue weighted by molar-refractivity contribution is -0.145.